The molecule has 2 atom stereocenters. The molecule has 29 heavy (non-hydrogen) atoms. The van der Waals surface area contributed by atoms with Crippen molar-refractivity contribution in [3.63, 3.8) is 0 Å². The fourth-order valence-electron chi connectivity index (χ4n) is 6.15. The zero-order chi connectivity index (χ0) is 20.2. The fourth-order valence-corrected chi connectivity index (χ4v) is 6.15. The Hall–Kier alpha value is -1.92. The number of amides is 1. The van der Waals surface area contributed by atoms with Crippen molar-refractivity contribution in [1.82, 2.24) is 4.90 Å². The Morgan fingerprint density at radius 1 is 1.31 bits per heavy atom. The van der Waals surface area contributed by atoms with E-state index in [4.69, 9.17) is 20.2 Å². The van der Waals surface area contributed by atoms with Gasteiger partial charge in [-0.1, -0.05) is 23.8 Å². The quantitative estimate of drug-likeness (QED) is 0.851. The number of hydrogen-bond acceptors (Lipinski definition) is 5. The summed E-state index contributed by atoms with van der Waals surface area (Å²) in [4.78, 5) is 20.8. The molecule has 2 heterocycles. The van der Waals surface area contributed by atoms with Gasteiger partial charge in [0, 0.05) is 19.1 Å². The van der Waals surface area contributed by atoms with Gasteiger partial charge in [-0.2, -0.15) is 0 Å². The van der Waals surface area contributed by atoms with Crippen molar-refractivity contribution in [1.29, 1.82) is 0 Å². The van der Waals surface area contributed by atoms with Gasteiger partial charge in [0.05, 0.1) is 18.8 Å². The second kappa shape index (κ2) is 6.81. The lowest BCUT2D eigenvalue weighted by Crippen LogP contribution is -2.53. The Kier molecular flexibility index (Phi) is 4.48. The van der Waals surface area contributed by atoms with Crippen LogP contribution in [0.4, 0.5) is 0 Å². The molecule has 1 saturated carbocycles. The number of aliphatic imine (C=N–C) groups is 1. The van der Waals surface area contributed by atoms with Crippen molar-refractivity contribution < 1.29 is 14.3 Å². The standard InChI is InChI=1S/C23H31N3O3/c1-15-5-6-16-13-22(9-7-17(28-2)8-10-22)23(19(16)12-15)20(27)26(21(24)25-23)14-18-4-3-11-29-18/h5-6,12,17-18H,3-4,7-11,13-14H2,1-2H3,(H2,24,25). The second-order valence-electron chi connectivity index (χ2n) is 9.28. The predicted octanol–water partition coefficient (Wildman–Crippen LogP) is 2.66. The minimum Gasteiger partial charge on any atom is -0.381 e. The molecule has 2 spiro atoms. The summed E-state index contributed by atoms with van der Waals surface area (Å²) in [5.74, 6) is 0.402. The van der Waals surface area contributed by atoms with Crippen molar-refractivity contribution in [3.05, 3.63) is 34.9 Å². The maximum atomic E-state index is 14.1. The molecule has 6 heteroatoms. The minimum atomic E-state index is -0.893. The molecule has 2 aliphatic carbocycles. The molecule has 4 aliphatic rings. The van der Waals surface area contributed by atoms with Crippen LogP contribution in [0.3, 0.4) is 0 Å². The van der Waals surface area contributed by atoms with Crippen LogP contribution >= 0.6 is 0 Å². The zero-order valence-corrected chi connectivity index (χ0v) is 17.4. The monoisotopic (exact) mass is 397 g/mol. The van der Waals surface area contributed by atoms with E-state index in [9.17, 15) is 4.79 Å². The van der Waals surface area contributed by atoms with Crippen LogP contribution in [0.15, 0.2) is 23.2 Å². The molecule has 6 nitrogen and oxygen atoms in total. The Balaban J connectivity index is 1.57. The molecule has 1 aromatic carbocycles. The van der Waals surface area contributed by atoms with Crippen LogP contribution < -0.4 is 5.73 Å². The molecule has 0 aromatic heterocycles. The number of aryl methyl sites for hydroxylation is 1. The molecule has 156 valence electrons. The Labute approximate surface area is 172 Å². The molecule has 0 bridgehead atoms. The first-order chi connectivity index (χ1) is 14.0. The van der Waals surface area contributed by atoms with Gasteiger partial charge in [0.15, 0.2) is 11.5 Å². The number of methoxy groups -OCH3 is 1. The molecule has 5 rings (SSSR count). The number of nitrogens with two attached hydrogens (primary N) is 1. The van der Waals surface area contributed by atoms with Gasteiger partial charge >= 0.3 is 0 Å². The number of carbonyl (C=O) groups excluding carboxylic acids is 1. The number of carbonyl (C=O) groups is 1. The molecule has 2 N–H and O–H groups in total. The van der Waals surface area contributed by atoms with E-state index in [0.717, 1.165) is 62.7 Å². The van der Waals surface area contributed by atoms with Gasteiger partial charge in [0.2, 0.25) is 0 Å². The molecule has 1 saturated heterocycles. The number of hydrogen-bond donors (Lipinski definition) is 1. The van der Waals surface area contributed by atoms with E-state index in [1.54, 1.807) is 12.0 Å². The highest BCUT2D eigenvalue weighted by Gasteiger charge is 2.66. The first-order valence-electron chi connectivity index (χ1n) is 10.9. The Morgan fingerprint density at radius 3 is 2.79 bits per heavy atom. The van der Waals surface area contributed by atoms with Gasteiger partial charge in [-0.05, 0) is 63.0 Å². The molecular weight excluding hydrogens is 366 g/mol. The molecule has 2 aliphatic heterocycles. The van der Waals surface area contributed by atoms with Crippen molar-refractivity contribution in [3.8, 4) is 0 Å². The topological polar surface area (TPSA) is 77.2 Å². The normalized spacial score (nSPS) is 36.3. The summed E-state index contributed by atoms with van der Waals surface area (Å²) in [5.41, 5.74) is 8.77. The predicted molar refractivity (Wildman–Crippen MR) is 111 cm³/mol. The molecule has 1 amide bonds. The highest BCUT2D eigenvalue weighted by molar-refractivity contribution is 6.08. The van der Waals surface area contributed by atoms with Gasteiger partial charge in [-0.3, -0.25) is 9.69 Å². The number of fused-ring (bicyclic) bond motifs is 3. The van der Waals surface area contributed by atoms with Gasteiger partial charge < -0.3 is 15.2 Å². The van der Waals surface area contributed by atoms with Crippen LogP contribution in [-0.4, -0.2) is 49.2 Å². The van der Waals surface area contributed by atoms with E-state index in [2.05, 4.69) is 25.1 Å². The third-order valence-electron chi connectivity index (χ3n) is 7.70. The number of rotatable bonds is 3. The van der Waals surface area contributed by atoms with Crippen molar-refractivity contribution in [2.45, 2.75) is 69.6 Å². The average molecular weight is 398 g/mol. The number of nitrogens with zero attached hydrogens (tertiary/aromatic N) is 2. The van der Waals surface area contributed by atoms with Gasteiger partial charge in [0.1, 0.15) is 0 Å². The SMILES string of the molecule is COC1CCC2(CC1)Cc1ccc(C)cc1C21N=C(N)N(CC2CCCO2)C1=O. The van der Waals surface area contributed by atoms with Crippen LogP contribution in [-0.2, 0) is 26.2 Å². The van der Waals surface area contributed by atoms with Crippen LogP contribution in [0.25, 0.3) is 0 Å². The summed E-state index contributed by atoms with van der Waals surface area (Å²) in [5, 5.41) is 0. The van der Waals surface area contributed by atoms with E-state index in [-0.39, 0.29) is 23.5 Å². The van der Waals surface area contributed by atoms with E-state index < -0.39 is 5.54 Å². The van der Waals surface area contributed by atoms with Gasteiger partial charge in [-0.15, -0.1) is 0 Å². The summed E-state index contributed by atoms with van der Waals surface area (Å²) >= 11 is 0. The summed E-state index contributed by atoms with van der Waals surface area (Å²) in [6.07, 6.45) is 6.99. The van der Waals surface area contributed by atoms with E-state index >= 15 is 0 Å². The highest BCUT2D eigenvalue weighted by atomic mass is 16.5. The molecule has 1 aromatic rings. The summed E-state index contributed by atoms with van der Waals surface area (Å²) in [6.45, 7) is 3.35. The largest absolute Gasteiger partial charge is 0.381 e. The van der Waals surface area contributed by atoms with Crippen LogP contribution in [0.5, 0.6) is 0 Å². The van der Waals surface area contributed by atoms with Gasteiger partial charge in [0.25, 0.3) is 5.91 Å². The van der Waals surface area contributed by atoms with Crippen molar-refractivity contribution in [2.75, 3.05) is 20.3 Å². The van der Waals surface area contributed by atoms with E-state index in [1.165, 1.54) is 5.56 Å². The minimum absolute atomic E-state index is 0.0470. The van der Waals surface area contributed by atoms with Crippen molar-refractivity contribution >= 4 is 11.9 Å². The average Bonchev–Trinajstić information content (AvgIpc) is 3.38. The van der Waals surface area contributed by atoms with E-state index in [0.29, 0.717) is 12.5 Å². The molecular formula is C23H31N3O3. The first kappa shape index (κ1) is 19.1. The van der Waals surface area contributed by atoms with Crippen LogP contribution in [0.1, 0.15) is 55.2 Å². The van der Waals surface area contributed by atoms with Crippen molar-refractivity contribution in [2.24, 2.45) is 16.1 Å². The molecule has 0 radical (unpaired) electrons. The number of ether oxygens (including phenoxy) is 2. The number of guanidine groups is 1. The lowest BCUT2D eigenvalue weighted by atomic mass is 9.61. The summed E-state index contributed by atoms with van der Waals surface area (Å²) in [6, 6.07) is 6.49. The Morgan fingerprint density at radius 2 is 2.10 bits per heavy atom. The van der Waals surface area contributed by atoms with Crippen LogP contribution in [0.2, 0.25) is 0 Å². The third-order valence-corrected chi connectivity index (χ3v) is 7.70. The van der Waals surface area contributed by atoms with E-state index in [1.807, 2.05) is 0 Å². The zero-order valence-electron chi connectivity index (χ0n) is 17.4. The number of benzene rings is 1. The lowest BCUT2D eigenvalue weighted by Gasteiger charge is -2.45. The van der Waals surface area contributed by atoms with Crippen LogP contribution in [0, 0.1) is 12.3 Å². The third kappa shape index (κ3) is 2.68. The maximum Gasteiger partial charge on any atom is 0.262 e. The molecule has 2 unspecified atom stereocenters. The molecule has 2 fully saturated rings. The summed E-state index contributed by atoms with van der Waals surface area (Å²) < 4.78 is 11.4. The maximum absolute atomic E-state index is 14.1. The summed E-state index contributed by atoms with van der Waals surface area (Å²) in [7, 11) is 1.78. The lowest BCUT2D eigenvalue weighted by molar-refractivity contribution is -0.139. The smallest absolute Gasteiger partial charge is 0.262 e. The highest BCUT2D eigenvalue weighted by Crippen LogP contribution is 2.62. The van der Waals surface area contributed by atoms with Gasteiger partial charge in [-0.25, -0.2) is 4.99 Å². The first-order valence-corrected chi connectivity index (χ1v) is 10.9. The fraction of sp³-hybridized carbons (Fsp3) is 0.652. The Bertz CT molecular complexity index is 853. The second-order valence-corrected chi connectivity index (χ2v) is 9.28.